The van der Waals surface area contributed by atoms with Crippen molar-refractivity contribution in [1.29, 1.82) is 0 Å². The van der Waals surface area contributed by atoms with Gasteiger partial charge in [0.05, 0.1) is 11.0 Å². The van der Waals surface area contributed by atoms with Crippen molar-refractivity contribution in [2.24, 2.45) is 5.73 Å². The van der Waals surface area contributed by atoms with Gasteiger partial charge in [-0.2, -0.15) is 4.98 Å². The van der Waals surface area contributed by atoms with Crippen molar-refractivity contribution in [2.45, 2.75) is 55.9 Å². The summed E-state index contributed by atoms with van der Waals surface area (Å²) < 4.78 is 6.80. The number of hydrogen-bond acceptors (Lipinski definition) is 4. The van der Waals surface area contributed by atoms with Crippen molar-refractivity contribution >= 4 is 15.9 Å². The zero-order valence-corrected chi connectivity index (χ0v) is 14.1. The second-order valence-corrected chi connectivity index (χ2v) is 7.65. The number of hydrogen-bond donors (Lipinski definition) is 1. The van der Waals surface area contributed by atoms with E-state index in [0.29, 0.717) is 5.82 Å². The molecule has 0 spiro atoms. The minimum Gasteiger partial charge on any atom is -0.338 e. The number of nitrogens with two attached hydrogens (primary N) is 1. The Morgan fingerprint density at radius 3 is 2.50 bits per heavy atom. The monoisotopic (exact) mass is 361 g/mol. The van der Waals surface area contributed by atoms with Crippen LogP contribution >= 0.6 is 15.9 Å². The van der Waals surface area contributed by atoms with Crippen LogP contribution in [-0.2, 0) is 11.0 Å². The summed E-state index contributed by atoms with van der Waals surface area (Å²) in [7, 11) is 0. The standard InChI is InChI=1S/C17H20BrN3O/c18-13-6-3-5-12(11-13)16(7-1-2-8-16)15-20-14(21-22-15)17(19)9-4-10-17/h3,5-6,11H,1-2,4,7-10,19H2. The van der Waals surface area contributed by atoms with Crippen LogP contribution in [0.15, 0.2) is 33.3 Å². The summed E-state index contributed by atoms with van der Waals surface area (Å²) in [5.41, 5.74) is 7.10. The van der Waals surface area contributed by atoms with Crippen LogP contribution in [0.3, 0.4) is 0 Å². The van der Waals surface area contributed by atoms with E-state index in [1.54, 1.807) is 0 Å². The number of benzene rings is 1. The third kappa shape index (κ3) is 2.14. The average molecular weight is 362 g/mol. The third-order valence-corrected chi connectivity index (χ3v) is 5.85. The van der Waals surface area contributed by atoms with E-state index >= 15 is 0 Å². The minimum absolute atomic E-state index is 0.144. The highest BCUT2D eigenvalue weighted by Crippen LogP contribution is 2.47. The first kappa shape index (κ1) is 14.4. The predicted molar refractivity (Wildman–Crippen MR) is 87.4 cm³/mol. The molecule has 0 atom stereocenters. The number of halogens is 1. The number of aromatic nitrogens is 2. The molecule has 2 aliphatic rings. The summed E-state index contributed by atoms with van der Waals surface area (Å²) in [5.74, 6) is 1.44. The molecular weight excluding hydrogens is 342 g/mol. The first-order chi connectivity index (χ1) is 10.6. The molecule has 2 aromatic rings. The smallest absolute Gasteiger partial charge is 0.237 e. The fraction of sp³-hybridized carbons (Fsp3) is 0.529. The molecule has 0 unspecified atom stereocenters. The van der Waals surface area contributed by atoms with Gasteiger partial charge >= 0.3 is 0 Å². The molecule has 116 valence electrons. The quantitative estimate of drug-likeness (QED) is 0.895. The zero-order valence-electron chi connectivity index (χ0n) is 12.5. The average Bonchev–Trinajstić information content (AvgIpc) is 3.14. The van der Waals surface area contributed by atoms with E-state index in [2.05, 4.69) is 45.4 Å². The van der Waals surface area contributed by atoms with Crippen LogP contribution in [0.4, 0.5) is 0 Å². The second kappa shape index (κ2) is 5.17. The normalized spacial score (nSPS) is 22.5. The van der Waals surface area contributed by atoms with E-state index in [-0.39, 0.29) is 11.0 Å². The molecule has 4 nitrogen and oxygen atoms in total. The fourth-order valence-electron chi connectivity index (χ4n) is 3.79. The maximum atomic E-state index is 6.35. The number of nitrogens with zero attached hydrogens (tertiary/aromatic N) is 2. The van der Waals surface area contributed by atoms with E-state index in [0.717, 1.165) is 42.5 Å². The highest BCUT2D eigenvalue weighted by atomic mass is 79.9. The van der Waals surface area contributed by atoms with E-state index in [1.807, 2.05) is 0 Å². The van der Waals surface area contributed by atoms with Crippen LogP contribution in [0.1, 0.15) is 62.2 Å². The van der Waals surface area contributed by atoms with Gasteiger partial charge in [-0.3, -0.25) is 0 Å². The van der Waals surface area contributed by atoms with Crippen LogP contribution in [0, 0.1) is 0 Å². The first-order valence-corrected chi connectivity index (χ1v) is 8.81. The molecule has 0 amide bonds. The Labute approximate surface area is 138 Å². The van der Waals surface area contributed by atoms with Gasteiger partial charge < -0.3 is 10.3 Å². The fourth-order valence-corrected chi connectivity index (χ4v) is 4.19. The molecule has 2 aliphatic carbocycles. The van der Waals surface area contributed by atoms with Crippen LogP contribution in [0.25, 0.3) is 0 Å². The maximum absolute atomic E-state index is 6.35. The van der Waals surface area contributed by atoms with Gasteiger partial charge in [-0.05, 0) is 49.8 Å². The molecule has 1 aromatic carbocycles. The summed E-state index contributed by atoms with van der Waals surface area (Å²) in [6.45, 7) is 0. The van der Waals surface area contributed by atoms with Gasteiger partial charge in [-0.15, -0.1) is 0 Å². The van der Waals surface area contributed by atoms with Gasteiger partial charge in [-0.25, -0.2) is 0 Å². The van der Waals surface area contributed by atoms with Crippen molar-refractivity contribution in [3.05, 3.63) is 46.0 Å². The second-order valence-electron chi connectivity index (χ2n) is 6.73. The van der Waals surface area contributed by atoms with Crippen LogP contribution in [0.2, 0.25) is 0 Å². The van der Waals surface area contributed by atoms with Crippen LogP contribution in [0.5, 0.6) is 0 Å². The van der Waals surface area contributed by atoms with Gasteiger partial charge in [0.2, 0.25) is 5.89 Å². The Morgan fingerprint density at radius 2 is 1.86 bits per heavy atom. The van der Waals surface area contributed by atoms with Gasteiger partial charge in [0.25, 0.3) is 0 Å². The van der Waals surface area contributed by atoms with Crippen molar-refractivity contribution in [3.8, 4) is 0 Å². The molecule has 4 rings (SSSR count). The number of rotatable bonds is 3. The summed E-state index contributed by atoms with van der Waals surface area (Å²) >= 11 is 3.58. The Hall–Kier alpha value is -1.20. The topological polar surface area (TPSA) is 64.9 Å². The van der Waals surface area contributed by atoms with Gasteiger partial charge in [0.15, 0.2) is 5.82 Å². The molecule has 0 saturated heterocycles. The summed E-state index contributed by atoms with van der Waals surface area (Å²) in [6.07, 6.45) is 7.56. The lowest BCUT2D eigenvalue weighted by Crippen LogP contribution is -2.44. The molecule has 5 heteroatoms. The predicted octanol–water partition coefficient (Wildman–Crippen LogP) is 4.03. The van der Waals surface area contributed by atoms with E-state index < -0.39 is 0 Å². The molecule has 22 heavy (non-hydrogen) atoms. The van der Waals surface area contributed by atoms with E-state index in [4.69, 9.17) is 15.2 Å². The van der Waals surface area contributed by atoms with E-state index in [1.165, 1.54) is 18.4 Å². The molecular formula is C17H20BrN3O. The molecule has 0 bridgehead atoms. The molecule has 0 aliphatic heterocycles. The highest BCUT2D eigenvalue weighted by molar-refractivity contribution is 9.10. The van der Waals surface area contributed by atoms with Crippen molar-refractivity contribution in [3.63, 3.8) is 0 Å². The summed E-state index contributed by atoms with van der Waals surface area (Å²) in [6, 6.07) is 8.47. The molecule has 0 radical (unpaired) electrons. The maximum Gasteiger partial charge on any atom is 0.237 e. The molecule has 2 fully saturated rings. The SMILES string of the molecule is NC1(c2noc(C3(c4cccc(Br)c4)CCCC3)n2)CCC1. The molecule has 1 heterocycles. The van der Waals surface area contributed by atoms with Gasteiger partial charge in [-0.1, -0.05) is 46.1 Å². The first-order valence-electron chi connectivity index (χ1n) is 8.02. The van der Waals surface area contributed by atoms with Gasteiger partial charge in [0, 0.05) is 4.47 Å². The highest BCUT2D eigenvalue weighted by Gasteiger charge is 2.45. The molecule has 1 aromatic heterocycles. The Kier molecular flexibility index (Phi) is 3.38. The lowest BCUT2D eigenvalue weighted by atomic mass is 9.76. The lowest BCUT2D eigenvalue weighted by Gasteiger charge is -2.34. The summed E-state index contributed by atoms with van der Waals surface area (Å²) in [4.78, 5) is 4.75. The Bertz CT molecular complexity index is 687. The van der Waals surface area contributed by atoms with E-state index in [9.17, 15) is 0 Å². The zero-order chi connectivity index (χ0) is 15.2. The Morgan fingerprint density at radius 1 is 1.09 bits per heavy atom. The largest absolute Gasteiger partial charge is 0.338 e. The van der Waals surface area contributed by atoms with Crippen LogP contribution in [-0.4, -0.2) is 10.1 Å². The third-order valence-electron chi connectivity index (χ3n) is 5.36. The minimum atomic E-state index is -0.362. The van der Waals surface area contributed by atoms with Crippen molar-refractivity contribution in [1.82, 2.24) is 10.1 Å². The van der Waals surface area contributed by atoms with Crippen molar-refractivity contribution < 1.29 is 4.52 Å². The van der Waals surface area contributed by atoms with Crippen molar-refractivity contribution in [2.75, 3.05) is 0 Å². The summed E-state index contributed by atoms with van der Waals surface area (Å²) in [5, 5.41) is 4.22. The lowest BCUT2D eigenvalue weighted by molar-refractivity contribution is 0.227. The van der Waals surface area contributed by atoms with Gasteiger partial charge in [0.1, 0.15) is 0 Å². The molecule has 2 N–H and O–H groups in total. The molecule has 2 saturated carbocycles. The Balaban J connectivity index is 1.76. The van der Waals surface area contributed by atoms with Crippen LogP contribution < -0.4 is 5.73 Å².